The SMILES string of the molecule is CC(C)CC(C)CC(O)(C(F)(F)F)C(F)(F)F. The molecule has 0 aromatic carbocycles. The first kappa shape index (κ1) is 16.5. The summed E-state index contributed by atoms with van der Waals surface area (Å²) < 4.78 is 74.0. The summed E-state index contributed by atoms with van der Waals surface area (Å²) in [7, 11) is 0. The van der Waals surface area contributed by atoms with Gasteiger partial charge in [-0.15, -0.1) is 0 Å². The standard InChI is InChI=1S/C10H16F6O/c1-6(2)4-7(3)5-8(17,9(11,12)13)10(14,15)16/h6-7,17H,4-5H2,1-3H3. The minimum atomic E-state index is -5.71. The van der Waals surface area contributed by atoms with Gasteiger partial charge in [-0.1, -0.05) is 20.8 Å². The third-order valence-electron chi connectivity index (χ3n) is 2.46. The number of rotatable bonds is 4. The van der Waals surface area contributed by atoms with Crippen LogP contribution in [0.2, 0.25) is 0 Å². The molecule has 0 amide bonds. The van der Waals surface area contributed by atoms with E-state index in [1.807, 2.05) is 0 Å². The molecule has 0 spiro atoms. The van der Waals surface area contributed by atoms with Gasteiger partial charge in [-0.25, -0.2) is 0 Å². The van der Waals surface area contributed by atoms with Crippen LogP contribution in [0, 0.1) is 11.8 Å². The van der Waals surface area contributed by atoms with Gasteiger partial charge in [0.2, 0.25) is 0 Å². The van der Waals surface area contributed by atoms with E-state index in [1.54, 1.807) is 13.8 Å². The number of halogens is 6. The molecule has 17 heavy (non-hydrogen) atoms. The largest absolute Gasteiger partial charge is 0.426 e. The lowest BCUT2D eigenvalue weighted by atomic mass is 9.85. The fourth-order valence-corrected chi connectivity index (χ4v) is 1.78. The van der Waals surface area contributed by atoms with E-state index < -0.39 is 30.3 Å². The zero-order valence-corrected chi connectivity index (χ0v) is 9.78. The lowest BCUT2D eigenvalue weighted by Gasteiger charge is -2.34. The Bertz CT molecular complexity index is 228. The molecule has 0 bridgehead atoms. The molecule has 0 aromatic heterocycles. The molecule has 1 unspecified atom stereocenters. The van der Waals surface area contributed by atoms with Crippen LogP contribution in [0.25, 0.3) is 0 Å². The Morgan fingerprint density at radius 2 is 1.24 bits per heavy atom. The summed E-state index contributed by atoms with van der Waals surface area (Å²) in [6, 6.07) is 0. The van der Waals surface area contributed by atoms with Crippen LogP contribution in [0.3, 0.4) is 0 Å². The van der Waals surface area contributed by atoms with E-state index in [0.717, 1.165) is 0 Å². The molecule has 104 valence electrons. The highest BCUT2D eigenvalue weighted by atomic mass is 19.4. The molecule has 0 saturated carbocycles. The summed E-state index contributed by atoms with van der Waals surface area (Å²) in [4.78, 5) is 0. The maximum Gasteiger partial charge on any atom is 0.426 e. The van der Waals surface area contributed by atoms with E-state index in [9.17, 15) is 26.3 Å². The third kappa shape index (κ3) is 4.04. The summed E-state index contributed by atoms with van der Waals surface area (Å²) in [6.07, 6.45) is -12.6. The van der Waals surface area contributed by atoms with E-state index in [2.05, 4.69) is 0 Å². The normalized spacial score (nSPS) is 16.4. The molecule has 0 aromatic rings. The highest BCUT2D eigenvalue weighted by Gasteiger charge is 2.70. The fourth-order valence-electron chi connectivity index (χ4n) is 1.78. The summed E-state index contributed by atoms with van der Waals surface area (Å²) in [5.74, 6) is -0.904. The van der Waals surface area contributed by atoms with Crippen molar-refractivity contribution in [1.82, 2.24) is 0 Å². The molecule has 7 heteroatoms. The number of hydrogen-bond acceptors (Lipinski definition) is 1. The van der Waals surface area contributed by atoms with E-state index >= 15 is 0 Å². The topological polar surface area (TPSA) is 20.2 Å². The van der Waals surface area contributed by atoms with Gasteiger partial charge in [0, 0.05) is 0 Å². The molecule has 0 radical (unpaired) electrons. The van der Waals surface area contributed by atoms with Crippen molar-refractivity contribution in [2.24, 2.45) is 11.8 Å². The molecular formula is C10H16F6O. The van der Waals surface area contributed by atoms with Gasteiger partial charge in [0.25, 0.3) is 5.60 Å². The molecule has 0 fully saturated rings. The third-order valence-corrected chi connectivity index (χ3v) is 2.46. The van der Waals surface area contributed by atoms with Gasteiger partial charge in [0.15, 0.2) is 0 Å². The Morgan fingerprint density at radius 1 is 0.882 bits per heavy atom. The second-order valence-corrected chi connectivity index (χ2v) is 4.79. The maximum absolute atomic E-state index is 12.3. The van der Waals surface area contributed by atoms with Crippen LogP contribution in [0.5, 0.6) is 0 Å². The first-order valence-electron chi connectivity index (χ1n) is 5.17. The quantitative estimate of drug-likeness (QED) is 0.765. The van der Waals surface area contributed by atoms with Crippen LogP contribution in [-0.4, -0.2) is 23.1 Å². The van der Waals surface area contributed by atoms with Crippen LogP contribution >= 0.6 is 0 Å². The van der Waals surface area contributed by atoms with Crippen LogP contribution in [-0.2, 0) is 0 Å². The average Bonchev–Trinajstić information content (AvgIpc) is 1.97. The zero-order valence-electron chi connectivity index (χ0n) is 9.78. The smallest absolute Gasteiger partial charge is 0.374 e. The van der Waals surface area contributed by atoms with Crippen molar-refractivity contribution >= 4 is 0 Å². The second-order valence-electron chi connectivity index (χ2n) is 4.79. The monoisotopic (exact) mass is 266 g/mol. The maximum atomic E-state index is 12.3. The Labute approximate surface area is 95.8 Å². The van der Waals surface area contributed by atoms with E-state index in [1.165, 1.54) is 6.92 Å². The van der Waals surface area contributed by atoms with Gasteiger partial charge in [-0.05, 0) is 24.7 Å². The van der Waals surface area contributed by atoms with E-state index in [4.69, 9.17) is 5.11 Å². The van der Waals surface area contributed by atoms with Crippen LogP contribution in [0.1, 0.15) is 33.6 Å². The summed E-state index contributed by atoms with van der Waals surface area (Å²) in [6.45, 7) is 4.65. The van der Waals surface area contributed by atoms with Crippen molar-refractivity contribution in [3.8, 4) is 0 Å². The predicted molar refractivity (Wildman–Crippen MR) is 50.3 cm³/mol. The van der Waals surface area contributed by atoms with Crippen molar-refractivity contribution in [3.05, 3.63) is 0 Å². The van der Waals surface area contributed by atoms with Crippen molar-refractivity contribution in [2.75, 3.05) is 0 Å². The molecule has 0 aliphatic heterocycles. The lowest BCUT2D eigenvalue weighted by molar-refractivity contribution is -0.372. The van der Waals surface area contributed by atoms with Crippen molar-refractivity contribution in [3.63, 3.8) is 0 Å². The molecule has 0 saturated heterocycles. The van der Waals surface area contributed by atoms with Crippen molar-refractivity contribution < 1.29 is 31.4 Å². The van der Waals surface area contributed by atoms with Gasteiger partial charge >= 0.3 is 12.4 Å². The number of hydrogen-bond donors (Lipinski definition) is 1. The molecular weight excluding hydrogens is 250 g/mol. The molecule has 1 nitrogen and oxygen atoms in total. The molecule has 0 heterocycles. The Hall–Kier alpha value is -0.460. The first-order chi connectivity index (χ1) is 7.31. The van der Waals surface area contributed by atoms with Crippen LogP contribution < -0.4 is 0 Å². The predicted octanol–water partition coefficient (Wildman–Crippen LogP) is 3.91. The first-order valence-corrected chi connectivity index (χ1v) is 5.17. The minimum Gasteiger partial charge on any atom is -0.374 e. The molecule has 0 aliphatic rings. The van der Waals surface area contributed by atoms with Crippen LogP contribution in [0.15, 0.2) is 0 Å². The molecule has 1 atom stereocenters. The molecule has 0 rings (SSSR count). The fraction of sp³-hybridized carbons (Fsp3) is 1.00. The zero-order chi connectivity index (χ0) is 14.1. The Morgan fingerprint density at radius 3 is 1.47 bits per heavy atom. The van der Waals surface area contributed by atoms with Gasteiger partial charge in [0.1, 0.15) is 0 Å². The van der Waals surface area contributed by atoms with E-state index in [-0.39, 0.29) is 12.3 Å². The lowest BCUT2D eigenvalue weighted by Crippen LogP contribution is -2.57. The summed E-state index contributed by atoms with van der Waals surface area (Å²) >= 11 is 0. The highest BCUT2D eigenvalue weighted by Crippen LogP contribution is 2.47. The summed E-state index contributed by atoms with van der Waals surface area (Å²) in [5, 5.41) is 8.92. The van der Waals surface area contributed by atoms with Crippen molar-refractivity contribution in [1.29, 1.82) is 0 Å². The second kappa shape index (κ2) is 5.04. The average molecular weight is 266 g/mol. The van der Waals surface area contributed by atoms with Gasteiger partial charge in [0.05, 0.1) is 0 Å². The van der Waals surface area contributed by atoms with Crippen molar-refractivity contribution in [2.45, 2.75) is 51.6 Å². The Balaban J connectivity index is 4.99. The molecule has 0 aliphatic carbocycles. The Kier molecular flexibility index (Phi) is 4.90. The van der Waals surface area contributed by atoms with E-state index in [0.29, 0.717) is 0 Å². The summed E-state index contributed by atoms with van der Waals surface area (Å²) in [5.41, 5.74) is -4.62. The van der Waals surface area contributed by atoms with Crippen LogP contribution in [0.4, 0.5) is 26.3 Å². The van der Waals surface area contributed by atoms with Gasteiger partial charge < -0.3 is 5.11 Å². The highest BCUT2D eigenvalue weighted by molar-refractivity contribution is 4.94. The number of alkyl halides is 6. The minimum absolute atomic E-state index is 0.0317. The van der Waals surface area contributed by atoms with Gasteiger partial charge in [-0.2, -0.15) is 26.3 Å². The number of aliphatic hydroxyl groups is 1. The van der Waals surface area contributed by atoms with Gasteiger partial charge in [-0.3, -0.25) is 0 Å². The molecule has 1 N–H and O–H groups in total.